The van der Waals surface area contributed by atoms with Gasteiger partial charge in [-0.25, -0.2) is 0 Å². The number of methoxy groups -OCH3 is 2. The highest BCUT2D eigenvalue weighted by Crippen LogP contribution is 2.86. The van der Waals surface area contributed by atoms with Crippen LogP contribution in [-0.2, 0) is 29.1 Å². The van der Waals surface area contributed by atoms with Crippen LogP contribution in [0.15, 0.2) is 59.3 Å². The number of allylic oxidation sites excluding steroid dienone is 4. The third-order valence-corrected chi connectivity index (χ3v) is 13.0. The molecule has 4 fully saturated rings. The van der Waals surface area contributed by atoms with Gasteiger partial charge in [0.15, 0.2) is 0 Å². The Morgan fingerprint density at radius 3 is 2.33 bits per heavy atom. The Labute approximate surface area is 308 Å². The molecule has 2 heterocycles. The molecule has 52 heavy (non-hydrogen) atoms. The van der Waals surface area contributed by atoms with E-state index in [0.29, 0.717) is 23.9 Å². The van der Waals surface area contributed by atoms with E-state index >= 15 is 0 Å². The molecule has 0 aromatic heterocycles. The van der Waals surface area contributed by atoms with Crippen LogP contribution < -0.4 is 14.8 Å². The summed E-state index contributed by atoms with van der Waals surface area (Å²) in [5.41, 5.74) is 9.93. The standard InChI is InChI=1S/C43H53N5O4/c1-28(2)29(3)36(21-45-27-49)32-17-38(51-6)37(39(18-32)52-7)23-46-15-16-47(43(26-46)12-13-43)22-31-9-8-10-34-30(4)48(14-11-35(31)34)40(50)33(20-44)19-42-24-41(42,5)25-42/h8-10,17-19,21,27,30H,11-16,22-26H2,1-7H3,(H,45,49)/b33-19-,36-21+. The van der Waals surface area contributed by atoms with Crippen LogP contribution in [0.5, 0.6) is 11.5 Å². The minimum atomic E-state index is -0.118. The smallest absolute Gasteiger partial charge is 0.264 e. The van der Waals surface area contributed by atoms with Crippen LogP contribution in [0.1, 0.15) is 94.2 Å². The number of benzene rings is 2. The van der Waals surface area contributed by atoms with E-state index in [1.54, 1.807) is 20.4 Å². The molecule has 7 rings (SSSR count). The van der Waals surface area contributed by atoms with Crippen molar-refractivity contribution in [1.29, 1.82) is 5.26 Å². The van der Waals surface area contributed by atoms with Gasteiger partial charge < -0.3 is 19.7 Å². The summed E-state index contributed by atoms with van der Waals surface area (Å²) in [5.74, 6) is 1.43. The molecule has 9 nitrogen and oxygen atoms in total. The third kappa shape index (κ3) is 6.34. The van der Waals surface area contributed by atoms with Crippen molar-refractivity contribution in [2.75, 3.05) is 40.4 Å². The summed E-state index contributed by atoms with van der Waals surface area (Å²) < 4.78 is 11.9. The SMILES string of the molecule is COc1cc(/C(=C/NC=O)C(C)=C(C)C)cc(OC)c1CN1CCN(Cc2cccc3c2CCN(C(=O)/C(C#N)=C\C24CC2(C)C4)C3C)C2(CC2)C1. The van der Waals surface area contributed by atoms with Crippen molar-refractivity contribution < 1.29 is 19.1 Å². The van der Waals surface area contributed by atoms with Gasteiger partial charge in [0.1, 0.15) is 23.1 Å². The molecule has 1 atom stereocenters. The van der Waals surface area contributed by atoms with Crippen LogP contribution in [-0.4, -0.2) is 73.0 Å². The second-order valence-corrected chi connectivity index (χ2v) is 16.3. The Morgan fingerprint density at radius 1 is 1.06 bits per heavy atom. The summed E-state index contributed by atoms with van der Waals surface area (Å²) in [7, 11) is 3.41. The van der Waals surface area contributed by atoms with Crippen molar-refractivity contribution in [3.05, 3.63) is 87.1 Å². The number of amides is 2. The van der Waals surface area contributed by atoms with Crippen molar-refractivity contribution in [3.8, 4) is 17.6 Å². The van der Waals surface area contributed by atoms with Crippen LogP contribution in [0.4, 0.5) is 0 Å². The molecule has 3 saturated carbocycles. The van der Waals surface area contributed by atoms with Crippen LogP contribution >= 0.6 is 0 Å². The molecule has 9 heteroatoms. The lowest BCUT2D eigenvalue weighted by Crippen LogP contribution is -2.54. The number of hydrogen-bond donors (Lipinski definition) is 1. The first-order chi connectivity index (χ1) is 24.9. The largest absolute Gasteiger partial charge is 0.496 e. The first-order valence-electron chi connectivity index (χ1n) is 18.7. The maximum absolute atomic E-state index is 13.6. The number of carbonyl (C=O) groups is 2. The fourth-order valence-electron chi connectivity index (χ4n) is 9.09. The fourth-order valence-corrected chi connectivity index (χ4v) is 9.09. The molecule has 2 aliphatic heterocycles. The number of nitrogens with zero attached hydrogens (tertiary/aromatic N) is 4. The highest BCUT2D eigenvalue weighted by Gasteiger charge is 2.78. The Balaban J connectivity index is 1.05. The Bertz CT molecular complexity index is 1900. The molecule has 0 bridgehead atoms. The van der Waals surface area contributed by atoms with Crippen molar-refractivity contribution in [2.24, 2.45) is 10.8 Å². The maximum atomic E-state index is 13.6. The lowest BCUT2D eigenvalue weighted by atomic mass is 9.88. The van der Waals surface area contributed by atoms with E-state index in [1.165, 1.54) is 29.5 Å². The minimum absolute atomic E-state index is 0.0721. The molecule has 2 amide bonds. The van der Waals surface area contributed by atoms with E-state index in [0.717, 1.165) is 91.3 Å². The van der Waals surface area contributed by atoms with E-state index in [9.17, 15) is 14.9 Å². The molecular weight excluding hydrogens is 651 g/mol. The number of nitrogens with one attached hydrogen (secondary N) is 1. The van der Waals surface area contributed by atoms with Gasteiger partial charge in [0.05, 0.1) is 25.8 Å². The molecule has 3 aliphatic carbocycles. The van der Waals surface area contributed by atoms with E-state index in [4.69, 9.17) is 9.47 Å². The molecule has 1 spiro atoms. The number of hydrogen-bond acceptors (Lipinski definition) is 7. The average molecular weight is 704 g/mol. The molecular formula is C43H53N5O4. The highest BCUT2D eigenvalue weighted by atomic mass is 16.5. The van der Waals surface area contributed by atoms with E-state index in [-0.39, 0.29) is 22.9 Å². The number of ether oxygens (including phenoxy) is 2. The Morgan fingerprint density at radius 2 is 1.75 bits per heavy atom. The first-order valence-corrected chi connectivity index (χ1v) is 18.7. The van der Waals surface area contributed by atoms with E-state index in [2.05, 4.69) is 74.0 Å². The van der Waals surface area contributed by atoms with Gasteiger partial charge in [0.2, 0.25) is 6.41 Å². The van der Waals surface area contributed by atoms with Gasteiger partial charge in [-0.1, -0.05) is 36.8 Å². The summed E-state index contributed by atoms with van der Waals surface area (Å²) in [4.78, 5) is 31.9. The molecule has 1 N–H and O–H groups in total. The second kappa shape index (κ2) is 13.5. The quantitative estimate of drug-likeness (QED) is 0.114. The van der Waals surface area contributed by atoms with Crippen LogP contribution in [0.25, 0.3) is 5.57 Å². The van der Waals surface area contributed by atoms with Gasteiger partial charge in [-0.05, 0) is 111 Å². The molecule has 2 aromatic rings. The number of rotatable bonds is 12. The van der Waals surface area contributed by atoms with Gasteiger partial charge >= 0.3 is 0 Å². The molecule has 2 aromatic carbocycles. The fraction of sp³-hybridized carbons (Fsp3) is 0.512. The zero-order valence-corrected chi connectivity index (χ0v) is 31.9. The second-order valence-electron chi connectivity index (χ2n) is 16.3. The van der Waals surface area contributed by atoms with Crippen molar-refractivity contribution in [2.45, 2.75) is 91.4 Å². The van der Waals surface area contributed by atoms with Crippen molar-refractivity contribution in [1.82, 2.24) is 20.0 Å². The average Bonchev–Trinajstić information content (AvgIpc) is 4.08. The first kappa shape index (κ1) is 36.0. The monoisotopic (exact) mass is 703 g/mol. The molecule has 0 radical (unpaired) electrons. The van der Waals surface area contributed by atoms with Gasteiger partial charge in [0, 0.05) is 56.6 Å². The normalized spacial score (nSPS) is 26.1. The predicted molar refractivity (Wildman–Crippen MR) is 202 cm³/mol. The van der Waals surface area contributed by atoms with Crippen LogP contribution in [0.3, 0.4) is 0 Å². The lowest BCUT2D eigenvalue weighted by Gasteiger charge is -2.43. The van der Waals surface area contributed by atoms with Gasteiger partial charge in [-0.2, -0.15) is 5.26 Å². The molecule has 1 unspecified atom stereocenters. The topological polar surface area (TPSA) is 98.1 Å². The Kier molecular flexibility index (Phi) is 9.37. The maximum Gasteiger partial charge on any atom is 0.264 e. The summed E-state index contributed by atoms with van der Waals surface area (Å²) in [6.45, 7) is 15.7. The summed E-state index contributed by atoms with van der Waals surface area (Å²) in [6.07, 6.45) is 9.76. The van der Waals surface area contributed by atoms with Gasteiger partial charge in [-0.15, -0.1) is 0 Å². The predicted octanol–water partition coefficient (Wildman–Crippen LogP) is 6.69. The number of nitriles is 1. The van der Waals surface area contributed by atoms with Gasteiger partial charge in [-0.3, -0.25) is 19.4 Å². The van der Waals surface area contributed by atoms with E-state index < -0.39 is 0 Å². The van der Waals surface area contributed by atoms with Crippen molar-refractivity contribution in [3.63, 3.8) is 0 Å². The molecule has 274 valence electrons. The summed E-state index contributed by atoms with van der Waals surface area (Å²) >= 11 is 0. The number of piperazine rings is 1. The minimum Gasteiger partial charge on any atom is -0.496 e. The molecule has 5 aliphatic rings. The Hall–Kier alpha value is -4.39. The van der Waals surface area contributed by atoms with Gasteiger partial charge in [0.25, 0.3) is 5.91 Å². The van der Waals surface area contributed by atoms with Crippen LogP contribution in [0, 0.1) is 22.2 Å². The third-order valence-electron chi connectivity index (χ3n) is 13.0. The van der Waals surface area contributed by atoms with Crippen LogP contribution in [0.2, 0.25) is 0 Å². The lowest BCUT2D eigenvalue weighted by molar-refractivity contribution is -0.129. The van der Waals surface area contributed by atoms with E-state index in [1.807, 2.05) is 23.1 Å². The highest BCUT2D eigenvalue weighted by molar-refractivity contribution is 5.98. The zero-order chi connectivity index (χ0) is 37.0. The number of fused-ring (bicyclic) bond motifs is 2. The zero-order valence-electron chi connectivity index (χ0n) is 31.9. The molecule has 1 saturated heterocycles. The van der Waals surface area contributed by atoms with Crippen molar-refractivity contribution >= 4 is 17.9 Å². The number of carbonyl (C=O) groups excluding carboxylic acids is 2. The summed E-state index contributed by atoms with van der Waals surface area (Å²) in [5, 5.41) is 12.6. The summed E-state index contributed by atoms with van der Waals surface area (Å²) in [6, 6.07) is 12.9.